The molecule has 118 valence electrons. The van der Waals surface area contributed by atoms with Crippen molar-refractivity contribution in [1.29, 1.82) is 0 Å². The Kier molecular flexibility index (Phi) is 4.92. The monoisotopic (exact) mass is 337 g/mol. The van der Waals surface area contributed by atoms with Crippen LogP contribution in [0.15, 0.2) is 6.20 Å². The maximum absolute atomic E-state index is 12.9. The first kappa shape index (κ1) is 17.3. The van der Waals surface area contributed by atoms with Gasteiger partial charge in [0.2, 0.25) is 0 Å². The number of carbonyl (C=O) groups is 1. The molecule has 1 N–H and O–H groups in total. The fourth-order valence-electron chi connectivity index (χ4n) is 1.54. The number of hydrogen-bond acceptors (Lipinski definition) is 3. The third-order valence-corrected chi connectivity index (χ3v) is 2.45. The van der Waals surface area contributed by atoms with Gasteiger partial charge in [-0.3, -0.25) is 9.78 Å². The summed E-state index contributed by atoms with van der Waals surface area (Å²) in [6.07, 6.45) is -11.6. The second kappa shape index (κ2) is 5.96. The van der Waals surface area contributed by atoms with Crippen molar-refractivity contribution in [2.45, 2.75) is 24.8 Å². The number of aliphatic carboxylic acids is 1. The van der Waals surface area contributed by atoms with Crippen molar-refractivity contribution >= 4 is 17.6 Å². The number of halogens is 7. The van der Waals surface area contributed by atoms with Gasteiger partial charge in [-0.2, -0.15) is 13.2 Å². The summed E-state index contributed by atoms with van der Waals surface area (Å²) < 4.78 is 78.5. The molecule has 0 atom stereocenters. The van der Waals surface area contributed by atoms with Gasteiger partial charge in [-0.05, 0) is 0 Å². The van der Waals surface area contributed by atoms with Crippen LogP contribution >= 0.6 is 11.6 Å². The van der Waals surface area contributed by atoms with E-state index in [-0.39, 0.29) is 6.20 Å². The molecule has 0 radical (unpaired) electrons. The first-order chi connectivity index (χ1) is 9.45. The Morgan fingerprint density at radius 3 is 2.24 bits per heavy atom. The Morgan fingerprint density at radius 1 is 1.29 bits per heavy atom. The number of hydrogen-bond donors (Lipinski definition) is 1. The molecule has 1 aromatic heterocycles. The Bertz CT molecular complexity index is 543. The summed E-state index contributed by atoms with van der Waals surface area (Å²) >= 11 is 5.34. The molecule has 1 rings (SSSR count). The summed E-state index contributed by atoms with van der Waals surface area (Å²) in [7, 11) is 0. The zero-order chi connectivity index (χ0) is 16.4. The third-order valence-electron chi connectivity index (χ3n) is 2.20. The molecule has 0 spiro atoms. The van der Waals surface area contributed by atoms with Crippen LogP contribution in [0.1, 0.15) is 16.8 Å². The van der Waals surface area contributed by atoms with Gasteiger partial charge in [0, 0.05) is 5.56 Å². The summed E-state index contributed by atoms with van der Waals surface area (Å²) in [4.78, 5) is 13.9. The van der Waals surface area contributed by atoms with Crippen LogP contribution in [0.3, 0.4) is 0 Å². The minimum absolute atomic E-state index is 0.208. The van der Waals surface area contributed by atoms with E-state index in [4.69, 9.17) is 16.7 Å². The molecule has 21 heavy (non-hydrogen) atoms. The van der Waals surface area contributed by atoms with E-state index in [2.05, 4.69) is 9.72 Å². The van der Waals surface area contributed by atoms with Crippen LogP contribution in [0.25, 0.3) is 0 Å². The van der Waals surface area contributed by atoms with Crippen molar-refractivity contribution in [2.24, 2.45) is 0 Å². The van der Waals surface area contributed by atoms with Gasteiger partial charge in [-0.15, -0.1) is 24.8 Å². The maximum Gasteiger partial charge on any atom is 0.573 e. The second-order valence-corrected chi connectivity index (χ2v) is 3.94. The SMILES string of the molecule is O=C(O)Cc1c(CCl)ncc(OC(F)(F)F)c1C(F)(F)F. The molecule has 0 unspecified atom stereocenters. The number of aromatic nitrogens is 1. The molecule has 0 aliphatic rings. The lowest BCUT2D eigenvalue weighted by molar-refractivity contribution is -0.276. The van der Waals surface area contributed by atoms with E-state index in [1.165, 1.54) is 0 Å². The standard InChI is InChI=1S/C10H6ClF6NO3/c11-2-5-4(1-7(19)20)8(9(12,13)14)6(3-18-5)21-10(15,16)17/h3H,1-2H2,(H,19,20). The molecule has 0 aliphatic carbocycles. The van der Waals surface area contributed by atoms with Crippen molar-refractivity contribution in [2.75, 3.05) is 0 Å². The number of alkyl halides is 7. The average molecular weight is 338 g/mol. The van der Waals surface area contributed by atoms with E-state index < -0.39 is 53.4 Å². The molecule has 0 saturated carbocycles. The van der Waals surface area contributed by atoms with Crippen molar-refractivity contribution in [3.05, 3.63) is 23.0 Å². The lowest BCUT2D eigenvalue weighted by atomic mass is 10.0. The second-order valence-electron chi connectivity index (χ2n) is 3.67. The smallest absolute Gasteiger partial charge is 0.481 e. The van der Waals surface area contributed by atoms with Crippen LogP contribution in [0.2, 0.25) is 0 Å². The van der Waals surface area contributed by atoms with Crippen LogP contribution in [-0.4, -0.2) is 22.4 Å². The van der Waals surface area contributed by atoms with Gasteiger partial charge in [-0.25, -0.2) is 0 Å². The first-order valence-corrected chi connectivity index (χ1v) is 5.60. The molecular formula is C10H6ClF6NO3. The topological polar surface area (TPSA) is 59.4 Å². The minimum atomic E-state index is -5.38. The van der Waals surface area contributed by atoms with Crippen LogP contribution in [0.4, 0.5) is 26.3 Å². The molecule has 1 aromatic rings. The fourth-order valence-corrected chi connectivity index (χ4v) is 1.77. The summed E-state index contributed by atoms with van der Waals surface area (Å²) in [5.41, 5.74) is -3.31. The van der Waals surface area contributed by atoms with Gasteiger partial charge in [0.05, 0.1) is 24.2 Å². The van der Waals surface area contributed by atoms with Crippen molar-refractivity contribution in [3.63, 3.8) is 0 Å². The van der Waals surface area contributed by atoms with E-state index >= 15 is 0 Å². The Hall–Kier alpha value is -1.71. The normalized spacial score (nSPS) is 12.3. The number of carboxylic acids is 1. The molecule has 4 nitrogen and oxygen atoms in total. The highest BCUT2D eigenvalue weighted by Gasteiger charge is 2.42. The molecule has 1 heterocycles. The number of pyridine rings is 1. The van der Waals surface area contributed by atoms with E-state index in [0.717, 1.165) is 0 Å². The van der Waals surface area contributed by atoms with Gasteiger partial charge in [0.1, 0.15) is 5.56 Å². The van der Waals surface area contributed by atoms with Crippen LogP contribution in [-0.2, 0) is 23.3 Å². The predicted octanol–water partition coefficient (Wildman–Crippen LogP) is 3.36. The molecule has 0 aliphatic heterocycles. The predicted molar refractivity (Wildman–Crippen MR) is 56.8 cm³/mol. The highest BCUT2D eigenvalue weighted by Crippen LogP contribution is 2.41. The van der Waals surface area contributed by atoms with Crippen LogP contribution < -0.4 is 4.74 Å². The van der Waals surface area contributed by atoms with Gasteiger partial charge in [0.25, 0.3) is 0 Å². The summed E-state index contributed by atoms with van der Waals surface area (Å²) in [6.45, 7) is 0. The van der Waals surface area contributed by atoms with E-state index in [1.807, 2.05) is 0 Å². The molecular weight excluding hydrogens is 332 g/mol. The third kappa shape index (κ3) is 4.66. The number of nitrogens with zero attached hydrogens (tertiary/aromatic N) is 1. The molecule has 0 saturated heterocycles. The average Bonchev–Trinajstić information content (AvgIpc) is 2.24. The first-order valence-electron chi connectivity index (χ1n) is 5.07. The summed E-state index contributed by atoms with van der Waals surface area (Å²) in [5, 5.41) is 8.60. The van der Waals surface area contributed by atoms with E-state index in [1.54, 1.807) is 0 Å². The quantitative estimate of drug-likeness (QED) is 0.676. The zero-order valence-corrected chi connectivity index (χ0v) is 10.6. The number of ether oxygens (including phenoxy) is 1. The largest absolute Gasteiger partial charge is 0.573 e. The fraction of sp³-hybridized carbons (Fsp3) is 0.400. The van der Waals surface area contributed by atoms with Gasteiger partial charge >= 0.3 is 18.5 Å². The number of rotatable bonds is 4. The number of carboxylic acid groups (broad SMARTS) is 1. The molecule has 0 amide bonds. The van der Waals surface area contributed by atoms with Crippen LogP contribution in [0.5, 0.6) is 5.75 Å². The maximum atomic E-state index is 12.9. The van der Waals surface area contributed by atoms with Gasteiger partial charge < -0.3 is 9.84 Å². The lowest BCUT2D eigenvalue weighted by Gasteiger charge is -2.19. The van der Waals surface area contributed by atoms with E-state index in [9.17, 15) is 31.1 Å². The van der Waals surface area contributed by atoms with Crippen molar-refractivity contribution in [3.8, 4) is 5.75 Å². The van der Waals surface area contributed by atoms with Crippen molar-refractivity contribution in [1.82, 2.24) is 4.98 Å². The van der Waals surface area contributed by atoms with Crippen molar-refractivity contribution < 1.29 is 41.0 Å². The van der Waals surface area contributed by atoms with E-state index in [0.29, 0.717) is 0 Å². The summed E-state index contributed by atoms with van der Waals surface area (Å²) in [5.74, 6) is -3.91. The molecule has 0 fully saturated rings. The molecule has 0 bridgehead atoms. The van der Waals surface area contributed by atoms with Crippen LogP contribution in [0, 0.1) is 0 Å². The highest BCUT2D eigenvalue weighted by atomic mass is 35.5. The Morgan fingerprint density at radius 2 is 1.86 bits per heavy atom. The molecule has 0 aromatic carbocycles. The highest BCUT2D eigenvalue weighted by molar-refractivity contribution is 6.17. The lowest BCUT2D eigenvalue weighted by Crippen LogP contribution is -2.23. The zero-order valence-electron chi connectivity index (χ0n) is 9.85. The molecule has 11 heteroatoms. The Labute approximate surface area is 118 Å². The minimum Gasteiger partial charge on any atom is -0.481 e. The Balaban J connectivity index is 3.56. The summed E-state index contributed by atoms with van der Waals surface area (Å²) in [6, 6.07) is 0. The van der Waals surface area contributed by atoms with Gasteiger partial charge in [-0.1, -0.05) is 0 Å². The van der Waals surface area contributed by atoms with Gasteiger partial charge in [0.15, 0.2) is 5.75 Å².